The molecule has 0 fully saturated rings. The number of aromatic carboxylic acids is 1. The lowest BCUT2D eigenvalue weighted by Crippen LogP contribution is -2.03. The Hall–Kier alpha value is -1.82. The highest BCUT2D eigenvalue weighted by atomic mass is 16.4. The van der Waals surface area contributed by atoms with Crippen LogP contribution in [0.3, 0.4) is 0 Å². The van der Waals surface area contributed by atoms with E-state index in [9.17, 15) is 4.79 Å². The summed E-state index contributed by atoms with van der Waals surface area (Å²) in [6, 6.07) is 5.31. The van der Waals surface area contributed by atoms with E-state index >= 15 is 0 Å². The zero-order valence-corrected chi connectivity index (χ0v) is 8.87. The maximum atomic E-state index is 10.9. The van der Waals surface area contributed by atoms with Gasteiger partial charge in [0.1, 0.15) is 0 Å². The van der Waals surface area contributed by atoms with Crippen LogP contribution in [0.25, 0.3) is 0 Å². The number of rotatable bonds is 3. The molecule has 0 heterocycles. The molecule has 0 bridgehead atoms. The van der Waals surface area contributed by atoms with E-state index in [1.54, 1.807) is 12.1 Å². The molecule has 0 radical (unpaired) electrons. The van der Waals surface area contributed by atoms with Gasteiger partial charge in [-0.25, -0.2) is 4.79 Å². The highest BCUT2D eigenvalue weighted by Crippen LogP contribution is 2.18. The van der Waals surface area contributed by atoms with Gasteiger partial charge in [0.15, 0.2) is 0 Å². The summed E-state index contributed by atoms with van der Waals surface area (Å²) in [4.78, 5) is 10.9. The Morgan fingerprint density at radius 2 is 1.80 bits per heavy atom. The Kier molecular flexibility index (Phi) is 3.46. The minimum atomic E-state index is -0.941. The van der Waals surface area contributed by atoms with Crippen molar-refractivity contribution in [3.05, 3.63) is 34.4 Å². The molecule has 0 aliphatic rings. The monoisotopic (exact) mass is 203 g/mol. The third kappa shape index (κ3) is 2.16. The predicted octanol–water partition coefficient (Wildman–Crippen LogP) is 2.38. The van der Waals surface area contributed by atoms with Gasteiger partial charge in [0.05, 0.1) is 17.2 Å². The average molecular weight is 203 g/mol. The topological polar surface area (TPSA) is 61.1 Å². The van der Waals surface area contributed by atoms with Gasteiger partial charge in [0.25, 0.3) is 0 Å². The molecule has 0 spiro atoms. The molecule has 3 heteroatoms. The number of carboxylic acid groups (broad SMARTS) is 1. The number of carbonyl (C=O) groups is 1. The molecule has 0 unspecified atom stereocenters. The molecule has 15 heavy (non-hydrogen) atoms. The van der Waals surface area contributed by atoms with Gasteiger partial charge in [-0.15, -0.1) is 0 Å². The van der Waals surface area contributed by atoms with Gasteiger partial charge in [-0.3, -0.25) is 0 Å². The first-order chi connectivity index (χ1) is 7.13. The van der Waals surface area contributed by atoms with E-state index in [0.29, 0.717) is 18.4 Å². The fraction of sp³-hybridized carbons (Fsp3) is 0.333. The van der Waals surface area contributed by atoms with Gasteiger partial charge in [-0.2, -0.15) is 5.26 Å². The van der Waals surface area contributed by atoms with Crippen molar-refractivity contribution in [3.8, 4) is 6.07 Å². The maximum Gasteiger partial charge on any atom is 0.335 e. The lowest BCUT2D eigenvalue weighted by molar-refractivity contribution is 0.0696. The molecule has 0 amide bonds. The van der Waals surface area contributed by atoms with Crippen molar-refractivity contribution in [2.24, 2.45) is 0 Å². The normalized spacial score (nSPS) is 9.67. The Bertz CT molecular complexity index is 405. The van der Waals surface area contributed by atoms with Crippen molar-refractivity contribution in [1.29, 1.82) is 5.26 Å². The number of nitriles is 1. The molecule has 1 aromatic carbocycles. The Labute approximate surface area is 89.0 Å². The molecule has 0 aliphatic carbocycles. The summed E-state index contributed by atoms with van der Waals surface area (Å²) in [6.07, 6.45) is 1.36. The summed E-state index contributed by atoms with van der Waals surface area (Å²) in [5.74, 6) is -0.941. The predicted molar refractivity (Wildman–Crippen MR) is 56.9 cm³/mol. The first-order valence-corrected chi connectivity index (χ1v) is 4.93. The number of carboxylic acids is 1. The largest absolute Gasteiger partial charge is 0.478 e. The molecule has 1 aromatic rings. The highest BCUT2D eigenvalue weighted by Gasteiger charge is 2.11. The number of benzene rings is 1. The van der Waals surface area contributed by atoms with Crippen LogP contribution in [-0.4, -0.2) is 11.1 Å². The van der Waals surface area contributed by atoms with Crippen LogP contribution in [0.15, 0.2) is 12.1 Å². The molecule has 1 N–H and O–H groups in total. The maximum absolute atomic E-state index is 10.9. The highest BCUT2D eigenvalue weighted by molar-refractivity contribution is 5.88. The van der Waals surface area contributed by atoms with E-state index in [1.165, 1.54) is 0 Å². The van der Waals surface area contributed by atoms with Crippen LogP contribution in [0.1, 0.15) is 40.9 Å². The van der Waals surface area contributed by atoms with Gasteiger partial charge in [0, 0.05) is 0 Å². The van der Waals surface area contributed by atoms with Crippen molar-refractivity contribution < 1.29 is 9.90 Å². The smallest absolute Gasteiger partial charge is 0.335 e. The van der Waals surface area contributed by atoms with Gasteiger partial charge in [-0.1, -0.05) is 13.8 Å². The number of hydrogen-bond donors (Lipinski definition) is 1. The third-order valence-corrected chi connectivity index (χ3v) is 2.42. The molecule has 0 saturated carbocycles. The first kappa shape index (κ1) is 11.3. The second kappa shape index (κ2) is 4.61. The zero-order valence-electron chi connectivity index (χ0n) is 8.87. The Morgan fingerprint density at radius 1 is 1.33 bits per heavy atom. The van der Waals surface area contributed by atoms with Crippen molar-refractivity contribution in [2.75, 3.05) is 0 Å². The van der Waals surface area contributed by atoms with Gasteiger partial charge >= 0.3 is 5.97 Å². The summed E-state index contributed by atoms with van der Waals surface area (Å²) in [5.41, 5.74) is 2.52. The summed E-state index contributed by atoms with van der Waals surface area (Å²) in [5, 5.41) is 17.9. The van der Waals surface area contributed by atoms with Crippen LogP contribution in [-0.2, 0) is 12.8 Å². The van der Waals surface area contributed by atoms with Crippen molar-refractivity contribution >= 4 is 5.97 Å². The standard InChI is InChI=1S/C12H13NO2/c1-3-8-5-10(12(14)15)6-9(4-2)11(8)7-13/h5-6H,3-4H2,1-2H3,(H,14,15). The van der Waals surface area contributed by atoms with Crippen molar-refractivity contribution in [3.63, 3.8) is 0 Å². The third-order valence-electron chi connectivity index (χ3n) is 2.42. The number of aryl methyl sites for hydroxylation is 2. The molecular weight excluding hydrogens is 190 g/mol. The lowest BCUT2D eigenvalue weighted by atomic mass is 9.95. The summed E-state index contributed by atoms with van der Waals surface area (Å²) >= 11 is 0. The molecular formula is C12H13NO2. The van der Waals surface area contributed by atoms with E-state index in [4.69, 9.17) is 10.4 Å². The zero-order chi connectivity index (χ0) is 11.4. The summed E-state index contributed by atoms with van der Waals surface area (Å²) in [7, 11) is 0. The quantitative estimate of drug-likeness (QED) is 0.820. The minimum absolute atomic E-state index is 0.266. The molecule has 0 aromatic heterocycles. The van der Waals surface area contributed by atoms with Gasteiger partial charge in [0.2, 0.25) is 0 Å². The minimum Gasteiger partial charge on any atom is -0.478 e. The van der Waals surface area contributed by atoms with E-state index in [2.05, 4.69) is 6.07 Å². The van der Waals surface area contributed by atoms with Crippen LogP contribution < -0.4 is 0 Å². The summed E-state index contributed by atoms with van der Waals surface area (Å²) < 4.78 is 0. The van der Waals surface area contributed by atoms with Crippen LogP contribution in [0, 0.1) is 11.3 Å². The fourth-order valence-corrected chi connectivity index (χ4v) is 1.59. The SMILES string of the molecule is CCc1cc(C(=O)O)cc(CC)c1C#N. The number of hydrogen-bond acceptors (Lipinski definition) is 2. The second-order valence-corrected chi connectivity index (χ2v) is 3.29. The van der Waals surface area contributed by atoms with E-state index in [0.717, 1.165) is 11.1 Å². The van der Waals surface area contributed by atoms with Crippen molar-refractivity contribution in [1.82, 2.24) is 0 Å². The van der Waals surface area contributed by atoms with Gasteiger partial charge in [-0.05, 0) is 36.1 Å². The van der Waals surface area contributed by atoms with E-state index in [1.807, 2.05) is 13.8 Å². The molecule has 0 aliphatic heterocycles. The molecule has 0 atom stereocenters. The van der Waals surface area contributed by atoms with Crippen molar-refractivity contribution in [2.45, 2.75) is 26.7 Å². The molecule has 3 nitrogen and oxygen atoms in total. The fourth-order valence-electron chi connectivity index (χ4n) is 1.59. The Morgan fingerprint density at radius 3 is 2.07 bits per heavy atom. The lowest BCUT2D eigenvalue weighted by Gasteiger charge is -2.08. The average Bonchev–Trinajstić information content (AvgIpc) is 2.26. The summed E-state index contributed by atoms with van der Waals surface area (Å²) in [6.45, 7) is 3.84. The van der Waals surface area contributed by atoms with Crippen LogP contribution in [0.4, 0.5) is 0 Å². The molecule has 1 rings (SSSR count). The first-order valence-electron chi connectivity index (χ1n) is 4.93. The number of nitrogens with zero attached hydrogens (tertiary/aromatic N) is 1. The van der Waals surface area contributed by atoms with Crippen LogP contribution in [0.5, 0.6) is 0 Å². The Balaban J connectivity index is 3.44. The van der Waals surface area contributed by atoms with Crippen LogP contribution in [0.2, 0.25) is 0 Å². The van der Waals surface area contributed by atoms with Gasteiger partial charge < -0.3 is 5.11 Å². The van der Waals surface area contributed by atoms with Crippen LogP contribution >= 0.6 is 0 Å². The second-order valence-electron chi connectivity index (χ2n) is 3.29. The molecule has 78 valence electrons. The molecule has 0 saturated heterocycles. The van der Waals surface area contributed by atoms with E-state index in [-0.39, 0.29) is 5.56 Å². The van der Waals surface area contributed by atoms with E-state index < -0.39 is 5.97 Å².